The summed E-state index contributed by atoms with van der Waals surface area (Å²) in [5, 5.41) is 29.3. The van der Waals surface area contributed by atoms with Crippen molar-refractivity contribution in [2.75, 3.05) is 6.61 Å². The van der Waals surface area contributed by atoms with E-state index in [2.05, 4.69) is 9.97 Å². The Kier molecular flexibility index (Phi) is 4.29. The van der Waals surface area contributed by atoms with Crippen molar-refractivity contribution in [1.29, 1.82) is 0 Å². The van der Waals surface area contributed by atoms with E-state index in [1.807, 2.05) is 30.3 Å². The second-order valence-corrected chi connectivity index (χ2v) is 6.22. The molecule has 26 heavy (non-hydrogen) atoms. The average Bonchev–Trinajstić information content (AvgIpc) is 3.20. The van der Waals surface area contributed by atoms with Crippen LogP contribution in [0.25, 0.3) is 11.2 Å². The number of hydrogen-bond donors (Lipinski definition) is 3. The lowest BCUT2D eigenvalue weighted by molar-refractivity contribution is -0.0511. The first-order valence-electron chi connectivity index (χ1n) is 8.18. The number of fused-ring (bicyclic) bond motifs is 1. The second kappa shape index (κ2) is 6.61. The lowest BCUT2D eigenvalue weighted by Crippen LogP contribution is -2.33. The largest absolute Gasteiger partial charge is 0.394 e. The van der Waals surface area contributed by atoms with Crippen molar-refractivity contribution in [3.05, 3.63) is 58.9 Å². The minimum Gasteiger partial charge on any atom is -0.394 e. The molecule has 1 aliphatic rings. The highest BCUT2D eigenvalue weighted by Gasteiger charge is 2.44. The zero-order valence-corrected chi connectivity index (χ0v) is 13.7. The van der Waals surface area contributed by atoms with Crippen molar-refractivity contribution in [3.8, 4) is 0 Å². The first-order valence-corrected chi connectivity index (χ1v) is 8.18. The van der Waals surface area contributed by atoms with E-state index in [4.69, 9.17) is 4.74 Å². The highest BCUT2D eigenvalue weighted by atomic mass is 16.6. The third kappa shape index (κ3) is 2.71. The van der Waals surface area contributed by atoms with Gasteiger partial charge in [-0.05, 0) is 5.56 Å². The maximum atomic E-state index is 12.7. The van der Waals surface area contributed by atoms with Gasteiger partial charge in [0, 0.05) is 0 Å². The number of rotatable bonds is 4. The van der Waals surface area contributed by atoms with Gasteiger partial charge in [0.2, 0.25) is 0 Å². The predicted octanol–water partition coefficient (Wildman–Crippen LogP) is -0.747. The normalized spacial score (nSPS) is 25.8. The molecular formula is C17H18N4O5. The number of ether oxygens (including phenoxy) is 1. The monoisotopic (exact) mass is 358 g/mol. The molecule has 4 atom stereocenters. The van der Waals surface area contributed by atoms with Crippen LogP contribution in [0.15, 0.2) is 47.8 Å². The van der Waals surface area contributed by atoms with Crippen LogP contribution in [0.1, 0.15) is 11.8 Å². The fourth-order valence-corrected chi connectivity index (χ4v) is 3.13. The summed E-state index contributed by atoms with van der Waals surface area (Å²) in [6.45, 7) is -0.0675. The molecule has 3 aromatic rings. The van der Waals surface area contributed by atoms with Gasteiger partial charge in [0.1, 0.15) is 24.6 Å². The van der Waals surface area contributed by atoms with Crippen LogP contribution in [0.2, 0.25) is 0 Å². The van der Waals surface area contributed by atoms with E-state index in [0.29, 0.717) is 6.54 Å². The maximum Gasteiger partial charge on any atom is 0.281 e. The van der Waals surface area contributed by atoms with Gasteiger partial charge in [0.05, 0.1) is 19.5 Å². The van der Waals surface area contributed by atoms with Crippen LogP contribution in [-0.4, -0.2) is 59.3 Å². The SMILES string of the molecule is O=c1c2ncn([C@@H]3O[C@H](CO)[C@@H](O)[C@@H]3O)c2ncn1Cc1ccccc1. The number of aliphatic hydroxyl groups excluding tert-OH is 3. The van der Waals surface area contributed by atoms with E-state index in [-0.39, 0.29) is 16.7 Å². The van der Waals surface area contributed by atoms with Gasteiger partial charge < -0.3 is 20.1 Å². The van der Waals surface area contributed by atoms with Crippen molar-refractivity contribution < 1.29 is 20.1 Å². The highest BCUT2D eigenvalue weighted by molar-refractivity contribution is 5.69. The van der Waals surface area contributed by atoms with Crippen LogP contribution in [0, 0.1) is 0 Å². The Bertz CT molecular complexity index is 970. The van der Waals surface area contributed by atoms with Gasteiger partial charge in [0.15, 0.2) is 17.4 Å². The van der Waals surface area contributed by atoms with E-state index in [1.54, 1.807) is 0 Å². The van der Waals surface area contributed by atoms with Gasteiger partial charge in [-0.15, -0.1) is 0 Å². The van der Waals surface area contributed by atoms with Crippen molar-refractivity contribution in [2.24, 2.45) is 0 Å². The number of aliphatic hydroxyl groups is 3. The quantitative estimate of drug-likeness (QED) is 0.561. The van der Waals surface area contributed by atoms with Gasteiger partial charge in [0.25, 0.3) is 5.56 Å². The fourth-order valence-electron chi connectivity index (χ4n) is 3.13. The van der Waals surface area contributed by atoms with Crippen molar-refractivity contribution in [3.63, 3.8) is 0 Å². The molecule has 1 aromatic carbocycles. The molecular weight excluding hydrogens is 340 g/mol. The van der Waals surface area contributed by atoms with Gasteiger partial charge in [-0.3, -0.25) is 13.9 Å². The Balaban J connectivity index is 1.70. The number of hydrogen-bond acceptors (Lipinski definition) is 7. The molecule has 0 bridgehead atoms. The summed E-state index contributed by atoms with van der Waals surface area (Å²) in [7, 11) is 0. The predicted molar refractivity (Wildman–Crippen MR) is 90.3 cm³/mol. The molecule has 136 valence electrons. The molecule has 1 aliphatic heterocycles. The van der Waals surface area contributed by atoms with Crippen LogP contribution in [-0.2, 0) is 11.3 Å². The number of nitrogens with zero attached hydrogens (tertiary/aromatic N) is 4. The van der Waals surface area contributed by atoms with Crippen LogP contribution in [0.5, 0.6) is 0 Å². The van der Waals surface area contributed by atoms with Crippen LogP contribution < -0.4 is 5.56 Å². The summed E-state index contributed by atoms with van der Waals surface area (Å²) < 4.78 is 8.32. The molecule has 0 amide bonds. The molecule has 0 saturated carbocycles. The standard InChI is InChI=1S/C17H18N4O5/c22-7-11-13(23)14(24)17(26-11)21-9-18-12-15(21)19-8-20(16(12)25)6-10-4-2-1-3-5-10/h1-5,8-9,11,13-14,17,22-24H,6-7H2/t11-,13-,14+,17-/m1/s1. The molecule has 2 aromatic heterocycles. The molecule has 1 saturated heterocycles. The van der Waals surface area contributed by atoms with E-state index < -0.39 is 31.1 Å². The number of benzene rings is 1. The lowest BCUT2D eigenvalue weighted by atomic mass is 10.1. The summed E-state index contributed by atoms with van der Waals surface area (Å²) in [5.41, 5.74) is 1.03. The van der Waals surface area contributed by atoms with Crippen LogP contribution in [0.4, 0.5) is 0 Å². The van der Waals surface area contributed by atoms with Crippen molar-refractivity contribution in [2.45, 2.75) is 31.1 Å². The summed E-state index contributed by atoms with van der Waals surface area (Å²) >= 11 is 0. The average molecular weight is 358 g/mol. The Labute approximate surface area is 147 Å². The highest BCUT2D eigenvalue weighted by Crippen LogP contribution is 2.30. The Morgan fingerprint density at radius 2 is 1.85 bits per heavy atom. The summed E-state index contributed by atoms with van der Waals surface area (Å²) in [5.74, 6) is 0. The molecule has 1 fully saturated rings. The molecule has 0 unspecified atom stereocenters. The Hall–Kier alpha value is -2.59. The summed E-state index contributed by atoms with van der Waals surface area (Å²) in [6, 6.07) is 9.50. The molecule has 4 rings (SSSR count). The van der Waals surface area contributed by atoms with Gasteiger partial charge in [-0.1, -0.05) is 30.3 Å². The third-order valence-electron chi connectivity index (χ3n) is 4.54. The third-order valence-corrected chi connectivity index (χ3v) is 4.54. The van der Waals surface area contributed by atoms with Gasteiger partial charge in [-0.2, -0.15) is 0 Å². The Morgan fingerprint density at radius 3 is 2.54 bits per heavy atom. The topological polar surface area (TPSA) is 123 Å². The van der Waals surface area contributed by atoms with Crippen LogP contribution in [0.3, 0.4) is 0 Å². The Morgan fingerprint density at radius 1 is 1.08 bits per heavy atom. The smallest absolute Gasteiger partial charge is 0.281 e. The zero-order valence-electron chi connectivity index (χ0n) is 13.7. The van der Waals surface area contributed by atoms with Crippen LogP contribution >= 0.6 is 0 Å². The zero-order chi connectivity index (χ0) is 18.3. The lowest BCUT2D eigenvalue weighted by Gasteiger charge is -2.16. The fraction of sp³-hybridized carbons (Fsp3) is 0.353. The minimum atomic E-state index is -1.27. The van der Waals surface area contributed by atoms with Crippen molar-refractivity contribution in [1.82, 2.24) is 19.1 Å². The minimum absolute atomic E-state index is 0.140. The maximum absolute atomic E-state index is 12.7. The van der Waals surface area contributed by atoms with Crippen molar-refractivity contribution >= 4 is 11.2 Å². The first-order chi connectivity index (χ1) is 12.6. The first kappa shape index (κ1) is 16.9. The van der Waals surface area contributed by atoms with Gasteiger partial charge >= 0.3 is 0 Å². The second-order valence-electron chi connectivity index (χ2n) is 6.22. The van der Waals surface area contributed by atoms with E-state index in [9.17, 15) is 20.1 Å². The number of aromatic nitrogens is 4. The van der Waals surface area contributed by atoms with E-state index in [0.717, 1.165) is 5.56 Å². The molecule has 0 radical (unpaired) electrons. The molecule has 9 nitrogen and oxygen atoms in total. The molecule has 3 N–H and O–H groups in total. The van der Waals surface area contributed by atoms with E-state index >= 15 is 0 Å². The summed E-state index contributed by atoms with van der Waals surface area (Å²) in [6.07, 6.45) is -1.64. The molecule has 3 heterocycles. The number of imidazole rings is 1. The van der Waals surface area contributed by atoms with E-state index in [1.165, 1.54) is 21.8 Å². The summed E-state index contributed by atoms with van der Waals surface area (Å²) in [4.78, 5) is 21.1. The van der Waals surface area contributed by atoms with Gasteiger partial charge in [-0.25, -0.2) is 9.97 Å². The molecule has 0 spiro atoms. The molecule has 0 aliphatic carbocycles. The molecule has 9 heteroatoms.